The summed E-state index contributed by atoms with van der Waals surface area (Å²) in [5, 5.41) is 6.12. The molecule has 1 aromatic heterocycles. The Labute approximate surface area is 117 Å². The molecule has 0 spiro atoms. The van der Waals surface area contributed by atoms with Crippen molar-refractivity contribution in [1.82, 2.24) is 4.98 Å². The molecule has 0 aliphatic heterocycles. The van der Waals surface area contributed by atoms with Gasteiger partial charge in [0.25, 0.3) is 0 Å². The molecule has 96 valence electrons. The molecule has 6 heteroatoms. The molecule has 0 aliphatic carbocycles. The molecular weight excluding hydrogens is 317 g/mol. The van der Waals surface area contributed by atoms with E-state index in [4.69, 9.17) is 5.73 Å². The second kappa shape index (κ2) is 5.67. The van der Waals surface area contributed by atoms with E-state index in [-0.39, 0.29) is 11.9 Å². The van der Waals surface area contributed by atoms with Crippen molar-refractivity contribution in [3.63, 3.8) is 0 Å². The standard InChI is InChI=1S/C12H13BrFN3S/c1-2-10(12-16-3-4-18-12)17-11-6-8(14)7(13)5-9(11)15/h3-6,10,17H,2,15H2,1H3. The third-order valence-corrected chi connectivity index (χ3v) is 4.08. The predicted molar refractivity (Wildman–Crippen MR) is 77.3 cm³/mol. The Balaban J connectivity index is 2.25. The third-order valence-electron chi connectivity index (χ3n) is 2.58. The van der Waals surface area contributed by atoms with Crippen molar-refractivity contribution in [2.24, 2.45) is 0 Å². The molecule has 3 nitrogen and oxygen atoms in total. The average Bonchev–Trinajstić information content (AvgIpc) is 2.85. The van der Waals surface area contributed by atoms with Crippen LogP contribution in [-0.2, 0) is 0 Å². The number of rotatable bonds is 4. The number of anilines is 2. The lowest BCUT2D eigenvalue weighted by Gasteiger charge is -2.17. The van der Waals surface area contributed by atoms with Gasteiger partial charge in [-0.25, -0.2) is 9.37 Å². The largest absolute Gasteiger partial charge is 0.397 e. The molecule has 2 rings (SSSR count). The topological polar surface area (TPSA) is 50.9 Å². The van der Waals surface area contributed by atoms with Crippen LogP contribution >= 0.6 is 27.3 Å². The first-order chi connectivity index (χ1) is 8.61. The minimum absolute atomic E-state index is 0.0490. The van der Waals surface area contributed by atoms with Gasteiger partial charge in [-0.2, -0.15) is 0 Å². The van der Waals surface area contributed by atoms with Crippen molar-refractivity contribution < 1.29 is 4.39 Å². The summed E-state index contributed by atoms with van der Waals surface area (Å²) in [6, 6.07) is 3.01. The van der Waals surface area contributed by atoms with Gasteiger partial charge in [-0.15, -0.1) is 11.3 Å². The Morgan fingerprint density at radius 3 is 2.94 bits per heavy atom. The van der Waals surface area contributed by atoms with Gasteiger partial charge in [-0.05, 0) is 28.4 Å². The third kappa shape index (κ3) is 2.81. The molecular formula is C12H13BrFN3S. The second-order valence-corrected chi connectivity index (χ2v) is 5.61. The second-order valence-electron chi connectivity index (χ2n) is 3.83. The van der Waals surface area contributed by atoms with E-state index in [9.17, 15) is 4.39 Å². The number of benzene rings is 1. The van der Waals surface area contributed by atoms with Gasteiger partial charge in [0.05, 0.1) is 21.9 Å². The van der Waals surface area contributed by atoms with Crippen molar-refractivity contribution in [3.05, 3.63) is 39.0 Å². The van der Waals surface area contributed by atoms with E-state index in [1.807, 2.05) is 12.3 Å². The lowest BCUT2D eigenvalue weighted by Crippen LogP contribution is -2.11. The number of nitrogen functional groups attached to an aromatic ring is 1. The Morgan fingerprint density at radius 1 is 1.56 bits per heavy atom. The summed E-state index contributed by atoms with van der Waals surface area (Å²) < 4.78 is 13.9. The molecule has 0 amide bonds. The quantitative estimate of drug-likeness (QED) is 0.827. The van der Waals surface area contributed by atoms with Gasteiger partial charge in [-0.1, -0.05) is 6.92 Å². The Kier molecular flexibility index (Phi) is 4.19. The number of nitrogens with one attached hydrogen (secondary N) is 1. The zero-order valence-electron chi connectivity index (χ0n) is 9.78. The molecule has 0 radical (unpaired) electrons. The number of nitrogens with zero attached hydrogens (tertiary/aromatic N) is 1. The fourth-order valence-corrected chi connectivity index (χ4v) is 2.75. The van der Waals surface area contributed by atoms with Gasteiger partial charge >= 0.3 is 0 Å². The summed E-state index contributed by atoms with van der Waals surface area (Å²) in [6.45, 7) is 2.05. The molecule has 2 aromatic rings. The van der Waals surface area contributed by atoms with Crippen molar-refractivity contribution in [1.29, 1.82) is 0 Å². The van der Waals surface area contributed by atoms with Crippen LogP contribution in [0.1, 0.15) is 24.4 Å². The van der Waals surface area contributed by atoms with Gasteiger partial charge in [0.15, 0.2) is 0 Å². The van der Waals surface area contributed by atoms with Crippen LogP contribution in [0.5, 0.6) is 0 Å². The van der Waals surface area contributed by atoms with Crippen LogP contribution in [0, 0.1) is 5.82 Å². The number of aromatic nitrogens is 1. The van der Waals surface area contributed by atoms with Crippen LogP contribution in [0.25, 0.3) is 0 Å². The van der Waals surface area contributed by atoms with E-state index in [0.29, 0.717) is 15.8 Å². The molecule has 0 saturated heterocycles. The summed E-state index contributed by atoms with van der Waals surface area (Å²) in [5.41, 5.74) is 6.98. The summed E-state index contributed by atoms with van der Waals surface area (Å²) in [6.07, 6.45) is 2.61. The molecule has 3 N–H and O–H groups in total. The van der Waals surface area contributed by atoms with Crippen molar-refractivity contribution >= 4 is 38.6 Å². The Bertz CT molecular complexity index is 530. The normalized spacial score (nSPS) is 12.4. The van der Waals surface area contributed by atoms with Crippen LogP contribution in [0.2, 0.25) is 0 Å². The highest BCUT2D eigenvalue weighted by Crippen LogP contribution is 2.31. The maximum atomic E-state index is 13.5. The number of halogens is 2. The molecule has 0 bridgehead atoms. The number of nitrogens with two attached hydrogens (primary N) is 1. The molecule has 0 saturated carbocycles. The summed E-state index contributed by atoms with van der Waals surface area (Å²) in [4.78, 5) is 4.27. The van der Waals surface area contributed by atoms with Crippen LogP contribution in [0.15, 0.2) is 28.2 Å². The summed E-state index contributed by atoms with van der Waals surface area (Å²) >= 11 is 4.68. The molecule has 1 aromatic carbocycles. The lowest BCUT2D eigenvalue weighted by molar-refractivity contribution is 0.621. The van der Waals surface area contributed by atoms with E-state index in [2.05, 4.69) is 26.2 Å². The first-order valence-corrected chi connectivity index (χ1v) is 7.19. The Morgan fingerprint density at radius 2 is 2.33 bits per heavy atom. The van der Waals surface area contributed by atoms with Crippen LogP contribution in [0.4, 0.5) is 15.8 Å². The van der Waals surface area contributed by atoms with Crippen molar-refractivity contribution in [2.75, 3.05) is 11.1 Å². The van der Waals surface area contributed by atoms with Crippen molar-refractivity contribution in [3.8, 4) is 0 Å². The van der Waals surface area contributed by atoms with Crippen LogP contribution in [0.3, 0.4) is 0 Å². The summed E-state index contributed by atoms with van der Waals surface area (Å²) in [5.74, 6) is -0.333. The fourth-order valence-electron chi connectivity index (χ4n) is 1.62. The molecule has 0 fully saturated rings. The van der Waals surface area contributed by atoms with E-state index < -0.39 is 0 Å². The monoisotopic (exact) mass is 329 g/mol. The van der Waals surface area contributed by atoms with E-state index >= 15 is 0 Å². The Hall–Kier alpha value is -1.14. The maximum absolute atomic E-state index is 13.5. The minimum Gasteiger partial charge on any atom is -0.397 e. The minimum atomic E-state index is -0.333. The highest BCUT2D eigenvalue weighted by Gasteiger charge is 2.14. The van der Waals surface area contributed by atoms with Gasteiger partial charge in [0.2, 0.25) is 0 Å². The van der Waals surface area contributed by atoms with Gasteiger partial charge < -0.3 is 11.1 Å². The van der Waals surface area contributed by atoms with Gasteiger partial charge in [-0.3, -0.25) is 0 Å². The van der Waals surface area contributed by atoms with E-state index in [1.54, 1.807) is 23.6 Å². The number of hydrogen-bond acceptors (Lipinski definition) is 4. The number of hydrogen-bond donors (Lipinski definition) is 2. The predicted octanol–water partition coefficient (Wildman–Crippen LogP) is 4.19. The van der Waals surface area contributed by atoms with Gasteiger partial charge in [0.1, 0.15) is 10.8 Å². The zero-order valence-corrected chi connectivity index (χ0v) is 12.2. The molecule has 1 unspecified atom stereocenters. The van der Waals surface area contributed by atoms with Crippen molar-refractivity contribution in [2.45, 2.75) is 19.4 Å². The van der Waals surface area contributed by atoms with Gasteiger partial charge in [0, 0.05) is 17.6 Å². The number of thiazole rings is 1. The molecule has 18 heavy (non-hydrogen) atoms. The molecule has 1 atom stereocenters. The highest BCUT2D eigenvalue weighted by molar-refractivity contribution is 9.10. The average molecular weight is 330 g/mol. The van der Waals surface area contributed by atoms with Crippen LogP contribution in [-0.4, -0.2) is 4.98 Å². The SMILES string of the molecule is CCC(Nc1cc(F)c(Br)cc1N)c1nccs1. The lowest BCUT2D eigenvalue weighted by atomic mass is 10.2. The molecule has 0 aliphatic rings. The fraction of sp³-hybridized carbons (Fsp3) is 0.250. The van der Waals surface area contributed by atoms with E-state index in [0.717, 1.165) is 11.4 Å². The maximum Gasteiger partial charge on any atom is 0.139 e. The van der Waals surface area contributed by atoms with E-state index in [1.165, 1.54) is 6.07 Å². The molecule has 1 heterocycles. The van der Waals surface area contributed by atoms with Crippen LogP contribution < -0.4 is 11.1 Å². The highest BCUT2D eigenvalue weighted by atomic mass is 79.9. The first kappa shape index (κ1) is 13.3. The zero-order chi connectivity index (χ0) is 13.1. The smallest absolute Gasteiger partial charge is 0.139 e. The summed E-state index contributed by atoms with van der Waals surface area (Å²) in [7, 11) is 0. The first-order valence-electron chi connectivity index (χ1n) is 5.52.